The van der Waals surface area contributed by atoms with Crippen LogP contribution in [0.2, 0.25) is 10.0 Å². The maximum Gasteiger partial charge on any atom is 0.0826 e. The van der Waals surface area contributed by atoms with Crippen molar-refractivity contribution in [2.75, 3.05) is 32.8 Å². The molecule has 1 N–H and O–H groups in total. The second kappa shape index (κ2) is 8.35. The lowest BCUT2D eigenvalue weighted by Crippen LogP contribution is -2.46. The van der Waals surface area contributed by atoms with Gasteiger partial charge in [-0.2, -0.15) is 0 Å². The highest BCUT2D eigenvalue weighted by molar-refractivity contribution is 6.42. The van der Waals surface area contributed by atoms with E-state index in [-0.39, 0.29) is 12.1 Å². The van der Waals surface area contributed by atoms with Gasteiger partial charge in [0.2, 0.25) is 0 Å². The number of hydrogen-bond acceptors (Lipinski definition) is 3. The summed E-state index contributed by atoms with van der Waals surface area (Å²) in [5, 5.41) is 4.81. The Morgan fingerprint density at radius 2 is 2.14 bits per heavy atom. The fraction of sp³-hybridized carbons (Fsp3) is 0.625. The van der Waals surface area contributed by atoms with Crippen molar-refractivity contribution in [3.05, 3.63) is 33.8 Å². The molecule has 1 saturated heterocycles. The Labute approximate surface area is 137 Å². The molecular weight excluding hydrogens is 307 g/mol. The van der Waals surface area contributed by atoms with Gasteiger partial charge in [-0.25, -0.2) is 0 Å². The second-order valence-corrected chi connectivity index (χ2v) is 6.24. The summed E-state index contributed by atoms with van der Waals surface area (Å²) >= 11 is 12.1. The number of nitrogens with one attached hydrogen (secondary N) is 1. The Morgan fingerprint density at radius 3 is 2.81 bits per heavy atom. The predicted molar refractivity (Wildman–Crippen MR) is 89.4 cm³/mol. The first kappa shape index (κ1) is 17.0. The van der Waals surface area contributed by atoms with Crippen molar-refractivity contribution in [2.45, 2.75) is 32.4 Å². The van der Waals surface area contributed by atoms with Crippen molar-refractivity contribution in [1.82, 2.24) is 10.2 Å². The van der Waals surface area contributed by atoms with E-state index in [9.17, 15) is 0 Å². The first-order chi connectivity index (χ1) is 10.1. The molecule has 1 aromatic rings. The van der Waals surface area contributed by atoms with Crippen molar-refractivity contribution in [3.63, 3.8) is 0 Å². The SMILES string of the molecule is CCC(NCC1CN(CC)CCO1)c1ccc(Cl)c(Cl)c1. The molecule has 0 radical (unpaired) electrons. The van der Waals surface area contributed by atoms with Gasteiger partial charge >= 0.3 is 0 Å². The van der Waals surface area contributed by atoms with Gasteiger partial charge in [-0.05, 0) is 30.7 Å². The lowest BCUT2D eigenvalue weighted by Gasteiger charge is -2.33. The molecule has 1 heterocycles. The number of likely N-dealkylation sites (N-methyl/N-ethyl adjacent to an activating group) is 1. The molecule has 2 atom stereocenters. The topological polar surface area (TPSA) is 24.5 Å². The fourth-order valence-corrected chi connectivity index (χ4v) is 3.00. The highest BCUT2D eigenvalue weighted by Gasteiger charge is 2.20. The Balaban J connectivity index is 1.91. The molecule has 118 valence electrons. The Hall–Kier alpha value is -0.320. The quantitative estimate of drug-likeness (QED) is 0.859. The van der Waals surface area contributed by atoms with E-state index in [2.05, 4.69) is 24.1 Å². The lowest BCUT2D eigenvalue weighted by atomic mass is 10.0. The summed E-state index contributed by atoms with van der Waals surface area (Å²) in [4.78, 5) is 2.43. The van der Waals surface area contributed by atoms with Gasteiger partial charge in [0.1, 0.15) is 0 Å². The molecule has 5 heteroatoms. The first-order valence-electron chi connectivity index (χ1n) is 7.66. The summed E-state index contributed by atoms with van der Waals surface area (Å²) in [6.07, 6.45) is 1.26. The molecule has 0 spiro atoms. The minimum Gasteiger partial charge on any atom is -0.374 e. The Bertz CT molecular complexity index is 456. The summed E-state index contributed by atoms with van der Waals surface area (Å²) in [5.74, 6) is 0. The van der Waals surface area contributed by atoms with Gasteiger partial charge in [-0.1, -0.05) is 43.1 Å². The van der Waals surface area contributed by atoms with Gasteiger partial charge in [0.05, 0.1) is 22.8 Å². The van der Waals surface area contributed by atoms with Crippen LogP contribution in [0.1, 0.15) is 31.9 Å². The Kier molecular flexibility index (Phi) is 6.77. The minimum absolute atomic E-state index is 0.260. The van der Waals surface area contributed by atoms with Crippen LogP contribution in [0, 0.1) is 0 Å². The van der Waals surface area contributed by atoms with E-state index in [0.717, 1.165) is 39.2 Å². The number of rotatable bonds is 6. The summed E-state index contributed by atoms with van der Waals surface area (Å²) in [6, 6.07) is 6.13. The molecule has 3 nitrogen and oxygen atoms in total. The summed E-state index contributed by atoms with van der Waals surface area (Å²) in [6.45, 7) is 9.17. The Morgan fingerprint density at radius 1 is 1.33 bits per heavy atom. The molecule has 0 saturated carbocycles. The van der Waals surface area contributed by atoms with Crippen molar-refractivity contribution < 1.29 is 4.74 Å². The van der Waals surface area contributed by atoms with Crippen molar-refractivity contribution >= 4 is 23.2 Å². The molecule has 0 aromatic heterocycles. The maximum atomic E-state index is 6.11. The number of morpholine rings is 1. The van der Waals surface area contributed by atoms with Gasteiger partial charge in [-0.3, -0.25) is 4.90 Å². The summed E-state index contributed by atoms with van der Waals surface area (Å²) in [7, 11) is 0. The molecular formula is C16H24Cl2N2O. The number of halogens is 2. The van der Waals surface area contributed by atoms with Gasteiger partial charge in [0.25, 0.3) is 0 Å². The highest BCUT2D eigenvalue weighted by atomic mass is 35.5. The third-order valence-corrected chi connectivity index (χ3v) is 4.76. The van der Waals surface area contributed by atoms with Crippen LogP contribution in [0.3, 0.4) is 0 Å². The van der Waals surface area contributed by atoms with Crippen molar-refractivity contribution in [3.8, 4) is 0 Å². The van der Waals surface area contributed by atoms with Crippen molar-refractivity contribution in [1.29, 1.82) is 0 Å². The van der Waals surface area contributed by atoms with Crippen LogP contribution in [-0.4, -0.2) is 43.8 Å². The van der Waals surface area contributed by atoms with Crippen LogP contribution >= 0.6 is 23.2 Å². The molecule has 0 aliphatic carbocycles. The van der Waals surface area contributed by atoms with E-state index < -0.39 is 0 Å². The summed E-state index contributed by atoms with van der Waals surface area (Å²) < 4.78 is 5.83. The van der Waals surface area contributed by atoms with Gasteiger partial charge in [-0.15, -0.1) is 0 Å². The smallest absolute Gasteiger partial charge is 0.0826 e. The number of ether oxygens (including phenoxy) is 1. The first-order valence-corrected chi connectivity index (χ1v) is 8.41. The van der Waals surface area contributed by atoms with Crippen molar-refractivity contribution in [2.24, 2.45) is 0 Å². The van der Waals surface area contributed by atoms with Crippen LogP contribution in [0.15, 0.2) is 18.2 Å². The van der Waals surface area contributed by atoms with Crippen LogP contribution in [0.5, 0.6) is 0 Å². The number of nitrogens with zero attached hydrogens (tertiary/aromatic N) is 1. The third-order valence-electron chi connectivity index (χ3n) is 4.02. The second-order valence-electron chi connectivity index (χ2n) is 5.43. The molecule has 1 aromatic carbocycles. The van der Waals surface area contributed by atoms with E-state index in [4.69, 9.17) is 27.9 Å². The van der Waals surface area contributed by atoms with E-state index in [1.165, 1.54) is 5.56 Å². The lowest BCUT2D eigenvalue weighted by molar-refractivity contribution is -0.0264. The molecule has 0 amide bonds. The zero-order chi connectivity index (χ0) is 15.2. The van der Waals surface area contributed by atoms with Crippen LogP contribution < -0.4 is 5.32 Å². The molecule has 0 bridgehead atoms. The van der Waals surface area contributed by atoms with Gasteiger partial charge < -0.3 is 10.1 Å². The molecule has 1 aliphatic rings. The van der Waals surface area contributed by atoms with Crippen LogP contribution in [0.4, 0.5) is 0 Å². The van der Waals surface area contributed by atoms with E-state index in [0.29, 0.717) is 10.0 Å². The van der Waals surface area contributed by atoms with Crippen LogP contribution in [-0.2, 0) is 4.74 Å². The monoisotopic (exact) mass is 330 g/mol. The van der Waals surface area contributed by atoms with Gasteiger partial charge in [0.15, 0.2) is 0 Å². The van der Waals surface area contributed by atoms with E-state index in [1.807, 2.05) is 18.2 Å². The van der Waals surface area contributed by atoms with E-state index in [1.54, 1.807) is 0 Å². The summed E-state index contributed by atoms with van der Waals surface area (Å²) in [5.41, 5.74) is 1.18. The standard InChI is InChI=1S/C16H24Cl2N2O/c1-3-16(12-5-6-14(17)15(18)9-12)19-10-13-11-20(4-2)7-8-21-13/h5-6,9,13,16,19H,3-4,7-8,10-11H2,1-2H3. The normalized spacial score (nSPS) is 21.4. The van der Waals surface area contributed by atoms with Crippen LogP contribution in [0.25, 0.3) is 0 Å². The number of hydrogen-bond donors (Lipinski definition) is 1. The zero-order valence-electron chi connectivity index (χ0n) is 12.7. The zero-order valence-corrected chi connectivity index (χ0v) is 14.3. The molecule has 1 aliphatic heterocycles. The highest BCUT2D eigenvalue weighted by Crippen LogP contribution is 2.26. The largest absolute Gasteiger partial charge is 0.374 e. The van der Waals surface area contributed by atoms with E-state index >= 15 is 0 Å². The van der Waals surface area contributed by atoms with Gasteiger partial charge in [0, 0.05) is 25.7 Å². The molecule has 2 rings (SSSR count). The average Bonchev–Trinajstić information content (AvgIpc) is 2.51. The number of benzene rings is 1. The predicted octanol–water partition coefficient (Wildman–Crippen LogP) is 3.75. The third kappa shape index (κ3) is 4.83. The minimum atomic E-state index is 0.260. The molecule has 21 heavy (non-hydrogen) atoms. The maximum absolute atomic E-state index is 6.11. The molecule has 1 fully saturated rings. The average molecular weight is 331 g/mol. The molecule has 2 unspecified atom stereocenters. The fourth-order valence-electron chi connectivity index (χ4n) is 2.69.